The van der Waals surface area contributed by atoms with Crippen LogP contribution in [0, 0.1) is 21.4 Å². The van der Waals surface area contributed by atoms with Gasteiger partial charge in [-0.1, -0.05) is 12.1 Å². The first-order chi connectivity index (χ1) is 10.8. The first-order valence-corrected chi connectivity index (χ1v) is 6.35. The summed E-state index contributed by atoms with van der Waals surface area (Å²) in [5, 5.41) is 19.8. The summed E-state index contributed by atoms with van der Waals surface area (Å²) in [6.07, 6.45) is -3.00. The fraction of sp³-hybridized carbons (Fsp3) is 0.0625. The van der Waals surface area contributed by atoms with E-state index in [1.807, 2.05) is 6.07 Å². The Balaban J connectivity index is 2.32. The second kappa shape index (κ2) is 6.32. The van der Waals surface area contributed by atoms with Gasteiger partial charge in [0.05, 0.1) is 22.1 Å². The molecule has 2 rings (SSSR count). The van der Waals surface area contributed by atoms with Gasteiger partial charge in [-0.15, -0.1) is 0 Å². The van der Waals surface area contributed by atoms with Crippen molar-refractivity contribution in [1.29, 1.82) is 5.26 Å². The van der Waals surface area contributed by atoms with Crippen LogP contribution in [0.15, 0.2) is 48.5 Å². The van der Waals surface area contributed by atoms with E-state index in [1.54, 1.807) is 0 Å². The Bertz CT molecular complexity index is 786. The van der Waals surface area contributed by atoms with Crippen molar-refractivity contribution in [3.8, 4) is 6.07 Å². The van der Waals surface area contributed by atoms with E-state index < -0.39 is 16.7 Å². The molecule has 2 aromatic carbocycles. The fourth-order valence-electron chi connectivity index (χ4n) is 1.88. The largest absolute Gasteiger partial charge is 0.416 e. The van der Waals surface area contributed by atoms with E-state index in [1.165, 1.54) is 42.5 Å². The number of alkyl halides is 3. The summed E-state index contributed by atoms with van der Waals surface area (Å²) in [6.45, 7) is 0. The number of hydrogen-bond donors (Lipinski definition) is 0. The van der Waals surface area contributed by atoms with Crippen LogP contribution in [-0.4, -0.2) is 4.92 Å². The minimum Gasteiger partial charge on any atom is -0.258 e. The average molecular weight is 318 g/mol. The van der Waals surface area contributed by atoms with Crippen molar-refractivity contribution in [2.45, 2.75) is 6.18 Å². The van der Waals surface area contributed by atoms with Crippen LogP contribution >= 0.6 is 0 Å². The van der Waals surface area contributed by atoms with Gasteiger partial charge in [0.1, 0.15) is 0 Å². The van der Waals surface area contributed by atoms with E-state index in [4.69, 9.17) is 0 Å². The molecular weight excluding hydrogens is 309 g/mol. The standard InChI is InChI=1S/C16H9F3N2O2/c17-16(18,19)14-5-1-11(2-6-14)9-13(10-20)12-3-7-15(8-4-12)21(22)23/h1-9H. The van der Waals surface area contributed by atoms with E-state index >= 15 is 0 Å². The molecule has 7 heteroatoms. The van der Waals surface area contributed by atoms with Crippen molar-refractivity contribution in [3.05, 3.63) is 75.3 Å². The number of allylic oxidation sites excluding steroid dienone is 1. The van der Waals surface area contributed by atoms with Crippen molar-refractivity contribution in [3.63, 3.8) is 0 Å². The van der Waals surface area contributed by atoms with Crippen LogP contribution in [0.2, 0.25) is 0 Å². The summed E-state index contributed by atoms with van der Waals surface area (Å²) in [5.41, 5.74) is 0.176. The second-order valence-corrected chi connectivity index (χ2v) is 4.59. The molecule has 0 saturated carbocycles. The first kappa shape index (κ1) is 16.2. The minimum absolute atomic E-state index is 0.111. The number of nitro benzene ring substituents is 1. The molecule has 4 nitrogen and oxygen atoms in total. The van der Waals surface area contributed by atoms with Gasteiger partial charge in [0.2, 0.25) is 0 Å². The monoisotopic (exact) mass is 318 g/mol. The molecule has 0 fully saturated rings. The summed E-state index contributed by atoms with van der Waals surface area (Å²) in [4.78, 5) is 10.0. The Kier molecular flexibility index (Phi) is 4.46. The SMILES string of the molecule is N#CC(=Cc1ccc(C(F)(F)F)cc1)c1ccc([N+](=O)[O-])cc1. The van der Waals surface area contributed by atoms with Crippen molar-refractivity contribution >= 4 is 17.3 Å². The van der Waals surface area contributed by atoms with Gasteiger partial charge in [-0.3, -0.25) is 10.1 Å². The van der Waals surface area contributed by atoms with Gasteiger partial charge in [-0.2, -0.15) is 18.4 Å². The van der Waals surface area contributed by atoms with Crippen LogP contribution in [-0.2, 0) is 6.18 Å². The Hall–Kier alpha value is -3.14. The van der Waals surface area contributed by atoms with E-state index in [9.17, 15) is 28.5 Å². The Morgan fingerprint density at radius 3 is 2.09 bits per heavy atom. The van der Waals surface area contributed by atoms with Crippen LogP contribution in [0.3, 0.4) is 0 Å². The highest BCUT2D eigenvalue weighted by molar-refractivity contribution is 5.89. The molecule has 0 bridgehead atoms. The molecule has 23 heavy (non-hydrogen) atoms. The number of nitro groups is 1. The lowest BCUT2D eigenvalue weighted by molar-refractivity contribution is -0.384. The van der Waals surface area contributed by atoms with Crippen molar-refractivity contribution in [1.82, 2.24) is 0 Å². The number of nitriles is 1. The van der Waals surface area contributed by atoms with Crippen LogP contribution in [0.25, 0.3) is 11.6 Å². The van der Waals surface area contributed by atoms with E-state index in [0.717, 1.165) is 12.1 Å². The normalized spacial score (nSPS) is 11.8. The molecule has 2 aromatic rings. The summed E-state index contributed by atoms with van der Waals surface area (Å²) in [5.74, 6) is 0. The third-order valence-electron chi connectivity index (χ3n) is 3.06. The van der Waals surface area contributed by atoms with E-state index in [2.05, 4.69) is 0 Å². The lowest BCUT2D eigenvalue weighted by Crippen LogP contribution is -2.03. The Labute approximate surface area is 129 Å². The maximum atomic E-state index is 12.5. The zero-order valence-electron chi connectivity index (χ0n) is 11.5. The molecule has 0 N–H and O–H groups in total. The predicted molar refractivity (Wildman–Crippen MR) is 78.0 cm³/mol. The Morgan fingerprint density at radius 1 is 1.09 bits per heavy atom. The topological polar surface area (TPSA) is 66.9 Å². The zero-order valence-corrected chi connectivity index (χ0v) is 11.5. The molecule has 0 spiro atoms. The lowest BCUT2D eigenvalue weighted by atomic mass is 10.0. The highest BCUT2D eigenvalue weighted by atomic mass is 19.4. The number of rotatable bonds is 3. The third kappa shape index (κ3) is 3.95. The van der Waals surface area contributed by atoms with Crippen molar-refractivity contribution in [2.75, 3.05) is 0 Å². The van der Waals surface area contributed by atoms with Crippen LogP contribution in [0.1, 0.15) is 16.7 Å². The van der Waals surface area contributed by atoms with Crippen LogP contribution < -0.4 is 0 Å². The van der Waals surface area contributed by atoms with Crippen molar-refractivity contribution in [2.24, 2.45) is 0 Å². The molecule has 0 aliphatic rings. The molecule has 116 valence electrons. The van der Waals surface area contributed by atoms with E-state index in [0.29, 0.717) is 11.1 Å². The second-order valence-electron chi connectivity index (χ2n) is 4.59. The molecule has 0 heterocycles. The molecule has 0 saturated heterocycles. The van der Waals surface area contributed by atoms with Gasteiger partial charge in [-0.05, 0) is 41.5 Å². The highest BCUT2D eigenvalue weighted by Gasteiger charge is 2.29. The first-order valence-electron chi connectivity index (χ1n) is 6.35. The summed E-state index contributed by atoms with van der Waals surface area (Å²) >= 11 is 0. The van der Waals surface area contributed by atoms with Crippen LogP contribution in [0.4, 0.5) is 18.9 Å². The number of non-ortho nitro benzene ring substituents is 1. The molecule has 0 atom stereocenters. The average Bonchev–Trinajstić information content (AvgIpc) is 2.52. The maximum absolute atomic E-state index is 12.5. The summed E-state index contributed by atoms with van der Waals surface area (Å²) in [6, 6.07) is 11.6. The maximum Gasteiger partial charge on any atom is 0.416 e. The fourth-order valence-corrected chi connectivity index (χ4v) is 1.88. The van der Waals surface area contributed by atoms with Gasteiger partial charge in [-0.25, -0.2) is 0 Å². The highest BCUT2D eigenvalue weighted by Crippen LogP contribution is 2.29. The number of benzene rings is 2. The molecule has 0 aliphatic carbocycles. The van der Waals surface area contributed by atoms with Gasteiger partial charge in [0.25, 0.3) is 5.69 Å². The van der Waals surface area contributed by atoms with Gasteiger partial charge >= 0.3 is 6.18 Å². The third-order valence-corrected chi connectivity index (χ3v) is 3.06. The van der Waals surface area contributed by atoms with Gasteiger partial charge < -0.3 is 0 Å². The van der Waals surface area contributed by atoms with Gasteiger partial charge in [0, 0.05) is 12.1 Å². The number of halogens is 3. The predicted octanol–water partition coefficient (Wildman–Crippen LogP) is 4.68. The van der Waals surface area contributed by atoms with Crippen molar-refractivity contribution < 1.29 is 18.1 Å². The lowest BCUT2D eigenvalue weighted by Gasteiger charge is -2.06. The quantitative estimate of drug-likeness (QED) is 0.357. The molecular formula is C16H9F3N2O2. The number of nitrogens with zero attached hydrogens (tertiary/aromatic N) is 2. The Morgan fingerprint density at radius 2 is 1.65 bits per heavy atom. The molecule has 0 unspecified atom stereocenters. The zero-order chi connectivity index (χ0) is 17.0. The smallest absolute Gasteiger partial charge is 0.258 e. The summed E-state index contributed by atoms with van der Waals surface area (Å²) < 4.78 is 37.5. The molecule has 0 radical (unpaired) electrons. The van der Waals surface area contributed by atoms with E-state index in [-0.39, 0.29) is 11.3 Å². The molecule has 0 aliphatic heterocycles. The minimum atomic E-state index is -4.42. The number of hydrogen-bond acceptors (Lipinski definition) is 3. The summed E-state index contributed by atoms with van der Waals surface area (Å²) in [7, 11) is 0. The van der Waals surface area contributed by atoms with Crippen LogP contribution in [0.5, 0.6) is 0 Å². The molecule has 0 aromatic heterocycles. The van der Waals surface area contributed by atoms with Gasteiger partial charge in [0.15, 0.2) is 0 Å². The molecule has 0 amide bonds.